The fourth-order valence-corrected chi connectivity index (χ4v) is 2.18. The molecule has 0 radical (unpaired) electrons. The van der Waals surface area contributed by atoms with Crippen LogP contribution in [0.5, 0.6) is 0 Å². The zero-order valence-electron chi connectivity index (χ0n) is 10.7. The molecule has 1 saturated heterocycles. The molecule has 2 heterocycles. The molecule has 0 bridgehead atoms. The van der Waals surface area contributed by atoms with Gasteiger partial charge in [-0.1, -0.05) is 5.10 Å². The van der Waals surface area contributed by atoms with E-state index in [9.17, 15) is 0 Å². The molecule has 1 saturated carbocycles. The van der Waals surface area contributed by atoms with E-state index in [4.69, 9.17) is 9.15 Å². The Kier molecular flexibility index (Phi) is 3.47. The molecule has 0 aromatic carbocycles. The molecule has 2 fully saturated rings. The van der Waals surface area contributed by atoms with Gasteiger partial charge in [0.1, 0.15) is 0 Å². The number of rotatable bonds is 6. The zero-order valence-corrected chi connectivity index (χ0v) is 10.7. The number of nitrogens with one attached hydrogen (secondary N) is 2. The van der Waals surface area contributed by atoms with Crippen molar-refractivity contribution in [2.24, 2.45) is 5.92 Å². The van der Waals surface area contributed by atoms with E-state index in [0.717, 1.165) is 19.6 Å². The van der Waals surface area contributed by atoms with Crippen molar-refractivity contribution in [2.75, 3.05) is 18.5 Å². The SMILES string of the molecule is CC1OCCC1CNc1nnc(CNC2CC2)o1. The van der Waals surface area contributed by atoms with Gasteiger partial charge in [-0.15, -0.1) is 5.10 Å². The lowest BCUT2D eigenvalue weighted by molar-refractivity contribution is 0.108. The number of ether oxygens (including phenoxy) is 1. The van der Waals surface area contributed by atoms with Crippen molar-refractivity contribution in [3.05, 3.63) is 5.89 Å². The van der Waals surface area contributed by atoms with Crippen LogP contribution in [-0.2, 0) is 11.3 Å². The largest absolute Gasteiger partial charge is 0.407 e. The lowest BCUT2D eigenvalue weighted by atomic mass is 10.0. The third-order valence-corrected chi connectivity index (χ3v) is 3.63. The quantitative estimate of drug-likeness (QED) is 0.791. The average molecular weight is 252 g/mol. The Morgan fingerprint density at radius 2 is 2.17 bits per heavy atom. The highest BCUT2D eigenvalue weighted by Crippen LogP contribution is 2.21. The van der Waals surface area contributed by atoms with E-state index in [2.05, 4.69) is 27.8 Å². The minimum Gasteiger partial charge on any atom is -0.407 e. The van der Waals surface area contributed by atoms with Crippen LogP contribution in [-0.4, -0.2) is 35.5 Å². The van der Waals surface area contributed by atoms with Crippen molar-refractivity contribution >= 4 is 6.01 Å². The van der Waals surface area contributed by atoms with Crippen molar-refractivity contribution in [3.8, 4) is 0 Å². The van der Waals surface area contributed by atoms with E-state index in [0.29, 0.717) is 36.5 Å². The second-order valence-corrected chi connectivity index (χ2v) is 5.16. The summed E-state index contributed by atoms with van der Waals surface area (Å²) in [6.07, 6.45) is 3.94. The van der Waals surface area contributed by atoms with Crippen LogP contribution in [0.2, 0.25) is 0 Å². The Hall–Kier alpha value is -1.14. The van der Waals surface area contributed by atoms with Crippen LogP contribution < -0.4 is 10.6 Å². The van der Waals surface area contributed by atoms with Crippen molar-refractivity contribution in [1.29, 1.82) is 0 Å². The second kappa shape index (κ2) is 5.24. The number of nitrogens with zero attached hydrogens (tertiary/aromatic N) is 2. The van der Waals surface area contributed by atoms with Crippen LogP contribution >= 0.6 is 0 Å². The first-order valence-corrected chi connectivity index (χ1v) is 6.72. The Labute approximate surface area is 106 Å². The van der Waals surface area contributed by atoms with Crippen molar-refractivity contribution in [1.82, 2.24) is 15.5 Å². The second-order valence-electron chi connectivity index (χ2n) is 5.16. The molecule has 0 spiro atoms. The molecular weight excluding hydrogens is 232 g/mol. The maximum atomic E-state index is 5.52. The number of aromatic nitrogens is 2. The Bertz CT molecular complexity index is 391. The van der Waals surface area contributed by atoms with E-state index in [1.54, 1.807) is 0 Å². The summed E-state index contributed by atoms with van der Waals surface area (Å²) < 4.78 is 11.0. The Morgan fingerprint density at radius 3 is 2.89 bits per heavy atom. The monoisotopic (exact) mass is 252 g/mol. The Morgan fingerprint density at radius 1 is 1.28 bits per heavy atom. The summed E-state index contributed by atoms with van der Waals surface area (Å²) in [6.45, 7) is 4.47. The summed E-state index contributed by atoms with van der Waals surface area (Å²) in [6, 6.07) is 1.17. The van der Waals surface area contributed by atoms with E-state index in [1.165, 1.54) is 12.8 Å². The average Bonchev–Trinajstić information content (AvgIpc) is 2.94. The van der Waals surface area contributed by atoms with Gasteiger partial charge in [-0.2, -0.15) is 0 Å². The number of hydrogen-bond donors (Lipinski definition) is 2. The molecule has 6 heteroatoms. The summed E-state index contributed by atoms with van der Waals surface area (Å²) in [5, 5.41) is 14.5. The predicted octanol–water partition coefficient (Wildman–Crippen LogP) is 1.16. The number of anilines is 1. The third-order valence-electron chi connectivity index (χ3n) is 3.63. The topological polar surface area (TPSA) is 72.2 Å². The fourth-order valence-electron chi connectivity index (χ4n) is 2.18. The van der Waals surface area contributed by atoms with Crippen LogP contribution in [0.4, 0.5) is 6.01 Å². The molecule has 1 aromatic rings. The normalized spacial score (nSPS) is 27.6. The van der Waals surface area contributed by atoms with Gasteiger partial charge in [-0.25, -0.2) is 0 Å². The van der Waals surface area contributed by atoms with Crippen LogP contribution in [0.3, 0.4) is 0 Å². The lowest BCUT2D eigenvalue weighted by Crippen LogP contribution is -2.20. The maximum Gasteiger partial charge on any atom is 0.315 e. The highest BCUT2D eigenvalue weighted by molar-refractivity contribution is 5.17. The fraction of sp³-hybridized carbons (Fsp3) is 0.833. The van der Waals surface area contributed by atoms with Gasteiger partial charge in [0.05, 0.1) is 12.6 Å². The van der Waals surface area contributed by atoms with Gasteiger partial charge in [0.25, 0.3) is 0 Å². The van der Waals surface area contributed by atoms with Gasteiger partial charge in [-0.3, -0.25) is 0 Å². The molecule has 18 heavy (non-hydrogen) atoms. The first-order chi connectivity index (χ1) is 8.81. The van der Waals surface area contributed by atoms with Crippen molar-refractivity contribution in [3.63, 3.8) is 0 Å². The molecule has 100 valence electrons. The van der Waals surface area contributed by atoms with Crippen molar-refractivity contribution in [2.45, 2.75) is 44.9 Å². The summed E-state index contributed by atoms with van der Waals surface area (Å²) >= 11 is 0. The standard InChI is InChI=1S/C12H20N4O2/c1-8-9(4-5-17-8)6-14-12-16-15-11(18-12)7-13-10-2-3-10/h8-10,13H,2-7H2,1H3,(H,14,16). The van der Waals surface area contributed by atoms with E-state index < -0.39 is 0 Å². The van der Waals surface area contributed by atoms with Gasteiger partial charge >= 0.3 is 6.01 Å². The smallest absolute Gasteiger partial charge is 0.315 e. The van der Waals surface area contributed by atoms with Gasteiger partial charge < -0.3 is 19.8 Å². The van der Waals surface area contributed by atoms with Gasteiger partial charge in [0.2, 0.25) is 5.89 Å². The molecule has 1 aliphatic carbocycles. The maximum absolute atomic E-state index is 5.52. The van der Waals surface area contributed by atoms with E-state index >= 15 is 0 Å². The molecular formula is C12H20N4O2. The molecule has 2 atom stereocenters. The molecule has 1 aromatic heterocycles. The van der Waals surface area contributed by atoms with Crippen LogP contribution in [0, 0.1) is 5.92 Å². The molecule has 2 aliphatic rings. The van der Waals surface area contributed by atoms with E-state index in [1.807, 2.05) is 0 Å². The highest BCUT2D eigenvalue weighted by atomic mass is 16.5. The zero-order chi connectivity index (χ0) is 12.4. The summed E-state index contributed by atoms with van der Waals surface area (Å²) in [5.74, 6) is 1.19. The third kappa shape index (κ3) is 3.00. The highest BCUT2D eigenvalue weighted by Gasteiger charge is 2.24. The van der Waals surface area contributed by atoms with Crippen molar-refractivity contribution < 1.29 is 9.15 Å². The van der Waals surface area contributed by atoms with Crippen LogP contribution in [0.1, 0.15) is 32.1 Å². The summed E-state index contributed by atoms with van der Waals surface area (Å²) in [5.41, 5.74) is 0. The molecule has 6 nitrogen and oxygen atoms in total. The molecule has 3 rings (SSSR count). The predicted molar refractivity (Wildman–Crippen MR) is 66.2 cm³/mol. The first-order valence-electron chi connectivity index (χ1n) is 6.72. The van der Waals surface area contributed by atoms with E-state index in [-0.39, 0.29) is 0 Å². The lowest BCUT2D eigenvalue weighted by Gasteiger charge is -2.13. The van der Waals surface area contributed by atoms with Gasteiger partial charge in [-0.05, 0) is 26.2 Å². The van der Waals surface area contributed by atoms with Gasteiger partial charge in [0.15, 0.2) is 0 Å². The Balaban J connectivity index is 1.44. The molecule has 1 aliphatic heterocycles. The molecule has 2 unspecified atom stereocenters. The minimum absolute atomic E-state index is 0.316. The minimum atomic E-state index is 0.316. The molecule has 2 N–H and O–H groups in total. The molecule has 0 amide bonds. The van der Waals surface area contributed by atoms with Crippen LogP contribution in [0.25, 0.3) is 0 Å². The number of hydrogen-bond acceptors (Lipinski definition) is 6. The summed E-state index contributed by atoms with van der Waals surface area (Å²) in [4.78, 5) is 0. The summed E-state index contributed by atoms with van der Waals surface area (Å²) in [7, 11) is 0. The first kappa shape index (κ1) is 11.9. The van der Waals surface area contributed by atoms with Crippen LogP contribution in [0.15, 0.2) is 4.42 Å². The van der Waals surface area contributed by atoms with Gasteiger partial charge in [0, 0.05) is 25.1 Å².